The minimum atomic E-state index is -3.24. The SMILES string of the molecule is COC(=O)C1(CS(N)(=O)=N[Si](c2ccccc2)(c2ccccc2)C(C)(C)C)COC1. The molecule has 162 valence electrons. The highest BCUT2D eigenvalue weighted by Gasteiger charge is 2.53. The number of ether oxygens (including phenoxy) is 2. The van der Waals surface area contributed by atoms with E-state index in [1.54, 1.807) is 0 Å². The third-order valence-corrected chi connectivity index (χ3v) is 13.4. The number of nitrogens with zero attached hydrogens (tertiary/aromatic N) is 1. The van der Waals surface area contributed by atoms with Crippen molar-refractivity contribution in [1.82, 2.24) is 0 Å². The van der Waals surface area contributed by atoms with Gasteiger partial charge in [0.25, 0.3) is 8.24 Å². The number of carbonyl (C=O) groups excluding carboxylic acids is 1. The molecule has 1 aliphatic heterocycles. The molecule has 8 heteroatoms. The predicted molar refractivity (Wildman–Crippen MR) is 123 cm³/mol. The molecule has 0 aliphatic carbocycles. The van der Waals surface area contributed by atoms with Crippen molar-refractivity contribution in [2.24, 2.45) is 14.6 Å². The van der Waals surface area contributed by atoms with E-state index in [1.807, 2.05) is 60.7 Å². The molecule has 1 aliphatic rings. The topological polar surface area (TPSA) is 91.0 Å². The van der Waals surface area contributed by atoms with Crippen LogP contribution < -0.4 is 15.5 Å². The average Bonchev–Trinajstić information content (AvgIpc) is 2.69. The summed E-state index contributed by atoms with van der Waals surface area (Å²) >= 11 is 0. The number of esters is 1. The maximum atomic E-state index is 13.8. The largest absolute Gasteiger partial charge is 0.468 e. The Bertz CT molecular complexity index is 969. The second-order valence-electron chi connectivity index (χ2n) is 8.88. The summed E-state index contributed by atoms with van der Waals surface area (Å²) in [4.78, 5) is 12.4. The number of hydrogen-bond donors (Lipinski definition) is 1. The molecular weight excluding hydrogens is 416 g/mol. The molecule has 0 spiro atoms. The molecule has 2 aromatic carbocycles. The van der Waals surface area contributed by atoms with Gasteiger partial charge < -0.3 is 9.47 Å². The lowest BCUT2D eigenvalue weighted by molar-refractivity contribution is -0.178. The zero-order valence-electron chi connectivity index (χ0n) is 18.0. The van der Waals surface area contributed by atoms with E-state index in [1.165, 1.54) is 7.11 Å². The number of benzene rings is 2. The normalized spacial score (nSPS) is 18.0. The maximum Gasteiger partial charge on any atom is 0.317 e. The van der Waals surface area contributed by atoms with Gasteiger partial charge in [0.05, 0.1) is 36.0 Å². The van der Waals surface area contributed by atoms with Gasteiger partial charge in [-0.15, -0.1) is 0 Å². The number of hydrogen-bond acceptors (Lipinski definition) is 5. The van der Waals surface area contributed by atoms with Gasteiger partial charge in [0.15, 0.2) is 0 Å². The van der Waals surface area contributed by atoms with Gasteiger partial charge >= 0.3 is 5.97 Å². The van der Waals surface area contributed by atoms with Gasteiger partial charge in [-0.25, -0.2) is 9.35 Å². The van der Waals surface area contributed by atoms with Gasteiger partial charge in [0.2, 0.25) is 0 Å². The molecule has 3 rings (SSSR count). The lowest BCUT2D eigenvalue weighted by atomic mass is 9.89. The highest BCUT2D eigenvalue weighted by Crippen LogP contribution is 2.38. The van der Waals surface area contributed by atoms with Crippen molar-refractivity contribution >= 4 is 34.5 Å². The Kier molecular flexibility index (Phi) is 6.24. The number of carbonyl (C=O) groups is 1. The van der Waals surface area contributed by atoms with Crippen molar-refractivity contribution in [2.45, 2.75) is 25.8 Å². The van der Waals surface area contributed by atoms with Gasteiger partial charge in [-0.05, 0) is 15.4 Å². The fourth-order valence-corrected chi connectivity index (χ4v) is 12.7. The Labute approximate surface area is 180 Å². The minimum Gasteiger partial charge on any atom is -0.468 e. The van der Waals surface area contributed by atoms with Gasteiger partial charge in [0, 0.05) is 0 Å². The van der Waals surface area contributed by atoms with Crippen LogP contribution >= 0.6 is 0 Å². The first kappa shape index (κ1) is 22.7. The molecule has 1 unspecified atom stereocenters. The zero-order chi connectivity index (χ0) is 22.0. The third-order valence-electron chi connectivity index (χ3n) is 5.62. The van der Waals surface area contributed by atoms with Crippen LogP contribution in [0.3, 0.4) is 0 Å². The highest BCUT2D eigenvalue weighted by atomic mass is 32.2. The molecule has 0 radical (unpaired) electrons. The predicted octanol–water partition coefficient (Wildman–Crippen LogP) is 2.08. The lowest BCUT2D eigenvalue weighted by Gasteiger charge is -2.42. The number of rotatable bonds is 6. The van der Waals surface area contributed by atoms with Crippen molar-refractivity contribution in [1.29, 1.82) is 0 Å². The van der Waals surface area contributed by atoms with Crippen LogP contribution in [-0.2, 0) is 24.2 Å². The average molecular weight is 447 g/mol. The second kappa shape index (κ2) is 8.26. The molecule has 2 N–H and O–H groups in total. The Morgan fingerprint density at radius 1 is 1.10 bits per heavy atom. The highest BCUT2D eigenvalue weighted by molar-refractivity contribution is 7.92. The van der Waals surface area contributed by atoms with E-state index in [0.717, 1.165) is 10.4 Å². The minimum absolute atomic E-state index is 0.0861. The molecule has 0 aromatic heterocycles. The molecule has 30 heavy (non-hydrogen) atoms. The molecule has 2 aromatic rings. The summed E-state index contributed by atoms with van der Waals surface area (Å²) in [6.45, 7) is 6.62. The van der Waals surface area contributed by atoms with Crippen molar-refractivity contribution < 1.29 is 18.5 Å². The number of nitrogens with two attached hydrogens (primary N) is 1. The van der Waals surface area contributed by atoms with E-state index in [9.17, 15) is 9.00 Å². The van der Waals surface area contributed by atoms with Crippen molar-refractivity contribution in [3.05, 3.63) is 60.7 Å². The van der Waals surface area contributed by atoms with Crippen molar-refractivity contribution in [3.63, 3.8) is 0 Å². The molecular formula is C22H30N2O4SSi. The summed E-state index contributed by atoms with van der Waals surface area (Å²) in [6, 6.07) is 19.9. The second-order valence-corrected chi connectivity index (χ2v) is 15.4. The zero-order valence-corrected chi connectivity index (χ0v) is 19.8. The first-order valence-electron chi connectivity index (χ1n) is 9.87. The van der Waals surface area contributed by atoms with Crippen LogP contribution in [0.25, 0.3) is 0 Å². The van der Waals surface area contributed by atoms with E-state index >= 15 is 0 Å². The van der Waals surface area contributed by atoms with Gasteiger partial charge in [0.1, 0.15) is 5.41 Å². The number of methoxy groups -OCH3 is 1. The molecule has 1 fully saturated rings. The summed E-state index contributed by atoms with van der Waals surface area (Å²) in [5.74, 6) is -0.540. The molecule has 1 saturated heterocycles. The van der Waals surface area contributed by atoms with Crippen LogP contribution in [0.5, 0.6) is 0 Å². The molecule has 0 saturated carbocycles. The molecule has 6 nitrogen and oxygen atoms in total. The monoisotopic (exact) mass is 446 g/mol. The van der Waals surface area contributed by atoms with E-state index in [4.69, 9.17) is 18.6 Å². The Morgan fingerprint density at radius 3 is 1.90 bits per heavy atom. The van der Waals surface area contributed by atoms with Crippen LogP contribution in [0.1, 0.15) is 20.8 Å². The Hall–Kier alpha value is -2.00. The summed E-state index contributed by atoms with van der Waals surface area (Å²) in [6.07, 6.45) is 0. The maximum absolute atomic E-state index is 13.8. The third kappa shape index (κ3) is 4.09. The van der Waals surface area contributed by atoms with Crippen LogP contribution in [-0.4, -0.2) is 44.5 Å². The molecule has 0 bridgehead atoms. The fourth-order valence-electron chi connectivity index (χ4n) is 4.12. The first-order valence-corrected chi connectivity index (χ1v) is 13.6. The van der Waals surface area contributed by atoms with E-state index in [2.05, 4.69) is 20.8 Å². The summed E-state index contributed by atoms with van der Waals surface area (Å²) in [5, 5.41) is 8.12. The molecule has 1 atom stereocenters. The van der Waals surface area contributed by atoms with Crippen LogP contribution in [0, 0.1) is 5.41 Å². The van der Waals surface area contributed by atoms with Crippen LogP contribution in [0.2, 0.25) is 5.04 Å². The van der Waals surface area contributed by atoms with Gasteiger partial charge in [-0.2, -0.15) is 0 Å². The Morgan fingerprint density at radius 2 is 1.57 bits per heavy atom. The first-order chi connectivity index (χ1) is 14.1. The van der Waals surface area contributed by atoms with Crippen molar-refractivity contribution in [3.8, 4) is 0 Å². The standard InChI is InChI=1S/C22H30N2O4SSi/c1-21(2,3)30(18-11-7-5-8-12-18,19-13-9-6-10-14-19)24-29(23,26)17-22(15-28-16-22)20(25)27-4/h5-14H,15-17H2,1-4H3,(H2,23,24,26). The lowest BCUT2D eigenvalue weighted by Crippen LogP contribution is -2.64. The fraction of sp³-hybridized carbons (Fsp3) is 0.409. The molecule has 0 amide bonds. The summed E-state index contributed by atoms with van der Waals surface area (Å²) in [5.41, 5.74) is -1.00. The van der Waals surface area contributed by atoms with Crippen molar-refractivity contribution in [2.75, 3.05) is 26.1 Å². The Balaban J connectivity index is 2.25. The van der Waals surface area contributed by atoms with Gasteiger partial charge in [-0.3, -0.25) is 8.82 Å². The quantitative estimate of drug-likeness (QED) is 0.543. The smallest absolute Gasteiger partial charge is 0.317 e. The van der Waals surface area contributed by atoms with Gasteiger partial charge in [-0.1, -0.05) is 81.4 Å². The van der Waals surface area contributed by atoms with E-state index in [0.29, 0.717) is 0 Å². The summed E-state index contributed by atoms with van der Waals surface area (Å²) < 4.78 is 29.0. The van der Waals surface area contributed by atoms with Crippen LogP contribution in [0.15, 0.2) is 64.7 Å². The summed E-state index contributed by atoms with van der Waals surface area (Å²) in [7, 11) is -4.90. The van der Waals surface area contributed by atoms with E-state index < -0.39 is 29.5 Å². The molecule has 1 heterocycles. The van der Waals surface area contributed by atoms with Crippen LogP contribution in [0.4, 0.5) is 0 Å². The van der Waals surface area contributed by atoms with E-state index in [-0.39, 0.29) is 24.0 Å².